The first-order valence-corrected chi connectivity index (χ1v) is 13.1. The lowest BCUT2D eigenvalue weighted by molar-refractivity contribution is -0.123. The van der Waals surface area contributed by atoms with Gasteiger partial charge in [0.05, 0.1) is 6.20 Å². The molecule has 0 saturated heterocycles. The minimum atomic E-state index is -0.230. The number of nitrogens with zero attached hydrogens (tertiary/aromatic N) is 3. The van der Waals surface area contributed by atoms with E-state index in [0.29, 0.717) is 23.9 Å². The molecule has 1 N–H and O–H groups in total. The fourth-order valence-corrected chi connectivity index (χ4v) is 6.06. The highest BCUT2D eigenvalue weighted by molar-refractivity contribution is 6.07. The van der Waals surface area contributed by atoms with Gasteiger partial charge in [-0.05, 0) is 61.8 Å². The molecule has 0 aliphatic heterocycles. The third kappa shape index (κ3) is 4.34. The van der Waals surface area contributed by atoms with Crippen LogP contribution in [0.2, 0.25) is 0 Å². The number of fused-ring (bicyclic) bond motifs is 3. The molecule has 1 amide bonds. The van der Waals surface area contributed by atoms with Gasteiger partial charge in [-0.3, -0.25) is 9.59 Å². The molecule has 2 heterocycles. The summed E-state index contributed by atoms with van der Waals surface area (Å²) in [7, 11) is 0. The first-order chi connectivity index (χ1) is 17.2. The summed E-state index contributed by atoms with van der Waals surface area (Å²) in [6, 6.07) is 12.6. The van der Waals surface area contributed by atoms with Crippen molar-refractivity contribution in [3.63, 3.8) is 0 Å². The van der Waals surface area contributed by atoms with E-state index in [9.17, 15) is 9.59 Å². The van der Waals surface area contributed by atoms with Crippen LogP contribution in [0.4, 0.5) is 0 Å². The molecule has 0 bridgehead atoms. The van der Waals surface area contributed by atoms with Crippen molar-refractivity contribution in [3.8, 4) is 0 Å². The van der Waals surface area contributed by atoms with Crippen LogP contribution in [0.1, 0.15) is 55.4 Å². The molecule has 36 heavy (non-hydrogen) atoms. The molecule has 1 aliphatic rings. The molecule has 1 aliphatic carbocycles. The maximum absolute atomic E-state index is 13.8. The molecular weight excluding hydrogens is 448 g/mol. The van der Waals surface area contributed by atoms with E-state index in [1.54, 1.807) is 6.20 Å². The highest BCUT2D eigenvalue weighted by atomic mass is 16.2. The Hall–Kier alpha value is -3.41. The zero-order chi connectivity index (χ0) is 25.6. The Balaban J connectivity index is 1.54. The predicted octanol–water partition coefficient (Wildman–Crippen LogP) is 5.27. The number of carbonyl (C=O) groups is 1. The number of carbonyl (C=O) groups excluding carboxylic acids is 1. The normalized spacial score (nSPS) is 20.2. The summed E-state index contributed by atoms with van der Waals surface area (Å²) in [5.74, 6) is 0.867. The second kappa shape index (κ2) is 9.57. The summed E-state index contributed by atoms with van der Waals surface area (Å²) in [4.78, 5) is 26.7. The molecule has 5 rings (SSSR count). The Bertz CT molecular complexity index is 1490. The highest BCUT2D eigenvalue weighted by Crippen LogP contribution is 2.30. The lowest BCUT2D eigenvalue weighted by Gasteiger charge is -2.34. The quantitative estimate of drug-likeness (QED) is 0.420. The summed E-state index contributed by atoms with van der Waals surface area (Å²) in [6.45, 7) is 11.3. The lowest BCUT2D eigenvalue weighted by atomic mass is 9.78. The summed E-state index contributed by atoms with van der Waals surface area (Å²) >= 11 is 0. The Morgan fingerprint density at radius 2 is 1.78 bits per heavy atom. The standard InChI is InChI=1S/C30H36N4O2/c1-18-13-20(3)25(21(4)14-18)16-33-27-12-7-6-10-23(27)24-15-31-34(30(36)29(24)33)17-28(35)32-26-11-8-9-19(2)22(26)5/h6-7,10,12-15,19,22,26H,8-9,11,16-17H2,1-5H3,(H,32,35). The van der Waals surface area contributed by atoms with E-state index in [1.165, 1.54) is 33.4 Å². The lowest BCUT2D eigenvalue weighted by Crippen LogP contribution is -2.45. The number of hydrogen-bond donors (Lipinski definition) is 1. The van der Waals surface area contributed by atoms with Gasteiger partial charge in [0.1, 0.15) is 12.1 Å². The van der Waals surface area contributed by atoms with E-state index in [-0.39, 0.29) is 24.1 Å². The number of benzene rings is 2. The van der Waals surface area contributed by atoms with Crippen molar-refractivity contribution in [1.82, 2.24) is 19.7 Å². The maximum atomic E-state index is 13.8. The maximum Gasteiger partial charge on any atom is 0.291 e. The van der Waals surface area contributed by atoms with Gasteiger partial charge in [0.2, 0.25) is 5.91 Å². The van der Waals surface area contributed by atoms with Crippen molar-refractivity contribution in [2.75, 3.05) is 0 Å². The number of rotatable bonds is 5. The van der Waals surface area contributed by atoms with E-state index >= 15 is 0 Å². The van der Waals surface area contributed by atoms with E-state index in [1.807, 2.05) is 18.2 Å². The molecule has 4 aromatic rings. The van der Waals surface area contributed by atoms with Gasteiger partial charge in [-0.1, -0.05) is 62.6 Å². The van der Waals surface area contributed by atoms with E-state index in [0.717, 1.165) is 29.1 Å². The van der Waals surface area contributed by atoms with Gasteiger partial charge >= 0.3 is 0 Å². The van der Waals surface area contributed by atoms with Crippen LogP contribution in [0.15, 0.2) is 47.4 Å². The van der Waals surface area contributed by atoms with E-state index in [4.69, 9.17) is 0 Å². The Morgan fingerprint density at radius 3 is 2.53 bits per heavy atom. The number of aryl methyl sites for hydroxylation is 3. The average Bonchev–Trinajstić information content (AvgIpc) is 3.15. The van der Waals surface area contributed by atoms with Crippen molar-refractivity contribution in [2.45, 2.75) is 73.0 Å². The predicted molar refractivity (Wildman–Crippen MR) is 145 cm³/mol. The fourth-order valence-electron chi connectivity index (χ4n) is 6.06. The third-order valence-corrected chi connectivity index (χ3v) is 8.28. The fraction of sp³-hybridized carbons (Fsp3) is 0.433. The van der Waals surface area contributed by atoms with Crippen LogP contribution >= 0.6 is 0 Å². The molecule has 1 fully saturated rings. The van der Waals surface area contributed by atoms with Crippen molar-refractivity contribution in [1.29, 1.82) is 0 Å². The van der Waals surface area contributed by atoms with Gasteiger partial charge < -0.3 is 9.88 Å². The van der Waals surface area contributed by atoms with Crippen LogP contribution in [0.5, 0.6) is 0 Å². The first kappa shape index (κ1) is 24.3. The molecule has 2 aromatic carbocycles. The van der Waals surface area contributed by atoms with Crippen LogP contribution in [-0.2, 0) is 17.9 Å². The number of amides is 1. The summed E-state index contributed by atoms with van der Waals surface area (Å²) in [5.41, 5.74) is 6.23. The first-order valence-electron chi connectivity index (χ1n) is 13.1. The zero-order valence-corrected chi connectivity index (χ0v) is 22.0. The van der Waals surface area contributed by atoms with Crippen LogP contribution < -0.4 is 10.9 Å². The second-order valence-electron chi connectivity index (χ2n) is 10.8. The van der Waals surface area contributed by atoms with Gasteiger partial charge in [-0.15, -0.1) is 0 Å². The van der Waals surface area contributed by atoms with Gasteiger partial charge in [0, 0.05) is 28.9 Å². The van der Waals surface area contributed by atoms with Crippen LogP contribution in [0.3, 0.4) is 0 Å². The number of aromatic nitrogens is 3. The molecule has 188 valence electrons. The Morgan fingerprint density at radius 1 is 1.06 bits per heavy atom. The van der Waals surface area contributed by atoms with Crippen LogP contribution in [-0.4, -0.2) is 26.3 Å². The molecule has 0 spiro atoms. The van der Waals surface area contributed by atoms with E-state index in [2.05, 4.69) is 67.8 Å². The highest BCUT2D eigenvalue weighted by Gasteiger charge is 2.28. The molecule has 1 saturated carbocycles. The summed E-state index contributed by atoms with van der Waals surface area (Å²) in [5, 5.41) is 9.42. The Kier molecular flexibility index (Phi) is 6.45. The number of nitrogens with one attached hydrogen (secondary N) is 1. The van der Waals surface area contributed by atoms with Gasteiger partial charge in [-0.25, -0.2) is 4.68 Å². The molecular formula is C30H36N4O2. The molecule has 2 aromatic heterocycles. The minimum Gasteiger partial charge on any atom is -0.351 e. The average molecular weight is 485 g/mol. The van der Waals surface area contributed by atoms with Crippen molar-refractivity contribution in [3.05, 3.63) is 75.2 Å². The van der Waals surface area contributed by atoms with E-state index < -0.39 is 0 Å². The van der Waals surface area contributed by atoms with Gasteiger partial charge in [0.25, 0.3) is 5.56 Å². The minimum absolute atomic E-state index is 0.0729. The Labute approximate surface area is 212 Å². The third-order valence-electron chi connectivity index (χ3n) is 8.28. The zero-order valence-electron chi connectivity index (χ0n) is 22.0. The second-order valence-corrected chi connectivity index (χ2v) is 10.8. The summed E-state index contributed by atoms with van der Waals surface area (Å²) < 4.78 is 3.41. The monoisotopic (exact) mass is 484 g/mol. The number of hydrogen-bond acceptors (Lipinski definition) is 3. The van der Waals surface area contributed by atoms with Crippen molar-refractivity contribution < 1.29 is 4.79 Å². The van der Waals surface area contributed by atoms with Crippen LogP contribution in [0.25, 0.3) is 21.8 Å². The van der Waals surface area contributed by atoms with Crippen molar-refractivity contribution >= 4 is 27.7 Å². The molecule has 3 unspecified atom stereocenters. The smallest absolute Gasteiger partial charge is 0.291 e. The largest absolute Gasteiger partial charge is 0.351 e. The molecule has 6 nitrogen and oxygen atoms in total. The molecule has 0 radical (unpaired) electrons. The van der Waals surface area contributed by atoms with Crippen molar-refractivity contribution in [2.24, 2.45) is 11.8 Å². The van der Waals surface area contributed by atoms with Gasteiger partial charge in [-0.2, -0.15) is 5.10 Å². The van der Waals surface area contributed by atoms with Gasteiger partial charge in [0.15, 0.2) is 0 Å². The summed E-state index contributed by atoms with van der Waals surface area (Å²) in [6.07, 6.45) is 5.05. The molecule has 6 heteroatoms. The SMILES string of the molecule is Cc1cc(C)c(Cn2c3ccccc3c3cnn(CC(=O)NC4CCCC(C)C4C)c(=O)c32)c(C)c1. The topological polar surface area (TPSA) is 68.9 Å². The van der Waals surface area contributed by atoms with Crippen LogP contribution in [0, 0.1) is 32.6 Å². The number of para-hydroxylation sites is 1. The molecule has 3 atom stereocenters.